The Kier molecular flexibility index (Phi) is 3.94. The standard InChI is InChI=1S/C25H33NO/c1-16-12-17(15-26-14-16)19-7-8-20-18-13-23(27)22-6-4-5-10-24(22,2)21(18)9-11-25(19,20)3/h7,12,14-15,18,20-22H,4-6,8-11,13H2,1-3H3/t18-,20-,21-,22?,24+,25+/m0/s1. The van der Waals surface area contributed by atoms with E-state index in [1.165, 1.54) is 48.8 Å². The van der Waals surface area contributed by atoms with Crippen molar-refractivity contribution in [1.29, 1.82) is 0 Å². The van der Waals surface area contributed by atoms with E-state index in [4.69, 9.17) is 0 Å². The quantitative estimate of drug-likeness (QED) is 0.613. The molecule has 1 unspecified atom stereocenters. The summed E-state index contributed by atoms with van der Waals surface area (Å²) in [6, 6.07) is 2.29. The van der Waals surface area contributed by atoms with Gasteiger partial charge >= 0.3 is 0 Å². The fourth-order valence-corrected chi connectivity index (χ4v) is 7.81. The van der Waals surface area contributed by atoms with Crippen LogP contribution in [-0.2, 0) is 4.79 Å². The predicted molar refractivity (Wildman–Crippen MR) is 109 cm³/mol. The van der Waals surface area contributed by atoms with E-state index in [-0.39, 0.29) is 10.8 Å². The van der Waals surface area contributed by atoms with Gasteiger partial charge in [-0.15, -0.1) is 0 Å². The van der Waals surface area contributed by atoms with Crippen LogP contribution in [-0.4, -0.2) is 10.8 Å². The van der Waals surface area contributed by atoms with Gasteiger partial charge in [-0.1, -0.05) is 32.8 Å². The van der Waals surface area contributed by atoms with Gasteiger partial charge in [-0.2, -0.15) is 0 Å². The van der Waals surface area contributed by atoms with Crippen LogP contribution < -0.4 is 0 Å². The topological polar surface area (TPSA) is 30.0 Å². The van der Waals surface area contributed by atoms with Crippen LogP contribution in [0.1, 0.15) is 76.3 Å². The molecule has 1 heterocycles. The summed E-state index contributed by atoms with van der Waals surface area (Å²) >= 11 is 0. The molecule has 5 rings (SSSR count). The maximum Gasteiger partial charge on any atom is 0.136 e. The number of ketones is 1. The van der Waals surface area contributed by atoms with Gasteiger partial charge in [-0.3, -0.25) is 9.78 Å². The Morgan fingerprint density at radius 2 is 1.93 bits per heavy atom. The Morgan fingerprint density at radius 1 is 1.07 bits per heavy atom. The van der Waals surface area contributed by atoms with Gasteiger partial charge in [0.15, 0.2) is 0 Å². The molecule has 4 aliphatic rings. The molecule has 0 saturated heterocycles. The van der Waals surface area contributed by atoms with Crippen molar-refractivity contribution in [3.63, 3.8) is 0 Å². The Morgan fingerprint density at radius 3 is 2.74 bits per heavy atom. The number of Topliss-reactive ketones (excluding diaryl/α,β-unsaturated/α-hetero) is 1. The Hall–Kier alpha value is -1.44. The summed E-state index contributed by atoms with van der Waals surface area (Å²) in [6.07, 6.45) is 16.1. The van der Waals surface area contributed by atoms with Crippen LogP contribution in [0.2, 0.25) is 0 Å². The Bertz CT molecular complexity index is 810. The highest BCUT2D eigenvalue weighted by Crippen LogP contribution is 2.66. The summed E-state index contributed by atoms with van der Waals surface area (Å²) in [6.45, 7) is 7.09. The molecule has 0 amide bonds. The van der Waals surface area contributed by atoms with Crippen molar-refractivity contribution in [2.24, 2.45) is 34.5 Å². The lowest BCUT2D eigenvalue weighted by atomic mass is 9.44. The highest BCUT2D eigenvalue weighted by Gasteiger charge is 2.60. The number of carbonyl (C=O) groups is 1. The van der Waals surface area contributed by atoms with Crippen molar-refractivity contribution in [3.8, 4) is 0 Å². The van der Waals surface area contributed by atoms with Gasteiger partial charge in [0.1, 0.15) is 5.78 Å². The maximum absolute atomic E-state index is 13.2. The van der Waals surface area contributed by atoms with Crippen LogP contribution in [0.5, 0.6) is 0 Å². The van der Waals surface area contributed by atoms with Crippen LogP contribution in [0.15, 0.2) is 24.5 Å². The van der Waals surface area contributed by atoms with E-state index >= 15 is 0 Å². The van der Waals surface area contributed by atoms with Crippen LogP contribution in [0, 0.1) is 41.4 Å². The predicted octanol–water partition coefficient (Wildman–Crippen LogP) is 6.00. The normalized spacial score (nSPS) is 43.5. The van der Waals surface area contributed by atoms with Gasteiger partial charge in [0, 0.05) is 24.7 Å². The number of pyridine rings is 1. The van der Waals surface area contributed by atoms with E-state index in [1.54, 1.807) is 0 Å². The molecule has 2 nitrogen and oxygen atoms in total. The van der Waals surface area contributed by atoms with Crippen molar-refractivity contribution >= 4 is 11.4 Å². The summed E-state index contributed by atoms with van der Waals surface area (Å²) in [4.78, 5) is 17.6. The first-order valence-electron chi connectivity index (χ1n) is 11.1. The molecule has 144 valence electrons. The molecule has 27 heavy (non-hydrogen) atoms. The molecule has 0 aromatic carbocycles. The van der Waals surface area contributed by atoms with Gasteiger partial charge in [-0.05, 0) is 90.4 Å². The molecule has 0 N–H and O–H groups in total. The van der Waals surface area contributed by atoms with E-state index in [2.05, 4.69) is 37.9 Å². The summed E-state index contributed by atoms with van der Waals surface area (Å²) in [5.41, 5.74) is 4.54. The zero-order valence-electron chi connectivity index (χ0n) is 17.1. The maximum atomic E-state index is 13.2. The minimum absolute atomic E-state index is 0.217. The van der Waals surface area contributed by atoms with Crippen LogP contribution >= 0.6 is 0 Å². The third kappa shape index (κ3) is 2.44. The van der Waals surface area contributed by atoms with Crippen molar-refractivity contribution in [3.05, 3.63) is 35.7 Å². The second kappa shape index (κ2) is 6.03. The number of nitrogens with zero attached hydrogens (tertiary/aromatic N) is 1. The number of fused-ring (bicyclic) bond motifs is 5. The Labute approximate surface area is 163 Å². The number of hydrogen-bond donors (Lipinski definition) is 0. The largest absolute Gasteiger partial charge is 0.299 e. The van der Waals surface area contributed by atoms with Gasteiger partial charge in [-0.25, -0.2) is 0 Å². The molecule has 0 radical (unpaired) electrons. The monoisotopic (exact) mass is 363 g/mol. The minimum Gasteiger partial charge on any atom is -0.299 e. The zero-order chi connectivity index (χ0) is 18.8. The number of carbonyl (C=O) groups excluding carboxylic acids is 1. The molecule has 2 heteroatoms. The van der Waals surface area contributed by atoms with E-state index in [0.29, 0.717) is 23.5 Å². The number of aromatic nitrogens is 1. The van der Waals surface area contributed by atoms with Crippen molar-refractivity contribution in [2.75, 3.05) is 0 Å². The first-order chi connectivity index (χ1) is 12.9. The van der Waals surface area contributed by atoms with Crippen LogP contribution in [0.4, 0.5) is 0 Å². The highest BCUT2D eigenvalue weighted by molar-refractivity contribution is 5.83. The molecule has 1 aromatic heterocycles. The number of aryl methyl sites for hydroxylation is 1. The smallest absolute Gasteiger partial charge is 0.136 e. The SMILES string of the molecule is Cc1cncc(C2=CC[C@H]3[C@@H]4CC(=O)C5CCCC[C@]5(C)[C@H]4CC[C@]23C)c1. The third-order valence-corrected chi connectivity index (χ3v) is 9.13. The second-order valence-electron chi connectivity index (χ2n) is 10.4. The number of rotatable bonds is 1. The zero-order valence-corrected chi connectivity index (χ0v) is 17.1. The lowest BCUT2D eigenvalue weighted by Crippen LogP contribution is -2.55. The first-order valence-corrected chi connectivity index (χ1v) is 11.1. The second-order valence-corrected chi connectivity index (χ2v) is 10.4. The van der Waals surface area contributed by atoms with E-state index in [1.807, 2.05) is 12.4 Å². The van der Waals surface area contributed by atoms with Crippen molar-refractivity contribution in [1.82, 2.24) is 4.98 Å². The minimum atomic E-state index is 0.217. The fourth-order valence-electron chi connectivity index (χ4n) is 7.81. The molecule has 6 atom stereocenters. The molecular weight excluding hydrogens is 330 g/mol. The number of allylic oxidation sites excluding steroid dienone is 2. The molecule has 1 aromatic rings. The molecule has 0 bridgehead atoms. The molecular formula is C25H33NO. The van der Waals surface area contributed by atoms with E-state index in [0.717, 1.165) is 25.2 Å². The summed E-state index contributed by atoms with van der Waals surface area (Å²) in [5.74, 6) is 2.92. The van der Waals surface area contributed by atoms with Gasteiger partial charge < -0.3 is 0 Å². The van der Waals surface area contributed by atoms with Gasteiger partial charge in [0.25, 0.3) is 0 Å². The summed E-state index contributed by atoms with van der Waals surface area (Å²) in [5, 5.41) is 0. The van der Waals surface area contributed by atoms with Crippen molar-refractivity contribution in [2.45, 2.75) is 72.1 Å². The van der Waals surface area contributed by atoms with Gasteiger partial charge in [0.2, 0.25) is 0 Å². The molecule has 0 aliphatic heterocycles. The van der Waals surface area contributed by atoms with Crippen LogP contribution in [0.25, 0.3) is 5.57 Å². The fraction of sp³-hybridized carbons (Fsp3) is 0.680. The molecule has 3 saturated carbocycles. The molecule has 4 aliphatic carbocycles. The lowest BCUT2D eigenvalue weighted by Gasteiger charge is -2.59. The van der Waals surface area contributed by atoms with Crippen LogP contribution in [0.3, 0.4) is 0 Å². The molecule has 3 fully saturated rings. The highest BCUT2D eigenvalue weighted by atomic mass is 16.1. The van der Waals surface area contributed by atoms with Gasteiger partial charge in [0.05, 0.1) is 0 Å². The lowest BCUT2D eigenvalue weighted by molar-refractivity contribution is -0.150. The summed E-state index contributed by atoms with van der Waals surface area (Å²) in [7, 11) is 0. The third-order valence-electron chi connectivity index (χ3n) is 9.13. The first kappa shape index (κ1) is 17.6. The van der Waals surface area contributed by atoms with Crippen molar-refractivity contribution < 1.29 is 4.79 Å². The molecule has 0 spiro atoms. The average Bonchev–Trinajstić information content (AvgIpc) is 2.99. The Balaban J connectivity index is 1.49. The number of hydrogen-bond acceptors (Lipinski definition) is 2. The van der Waals surface area contributed by atoms with E-state index < -0.39 is 0 Å². The summed E-state index contributed by atoms with van der Waals surface area (Å²) < 4.78 is 0. The van der Waals surface area contributed by atoms with E-state index in [9.17, 15) is 4.79 Å². The average molecular weight is 364 g/mol.